The summed E-state index contributed by atoms with van der Waals surface area (Å²) in [4.78, 5) is 3.92. The van der Waals surface area contributed by atoms with Crippen LogP contribution in [0.2, 0.25) is 36.3 Å². The highest BCUT2D eigenvalue weighted by Crippen LogP contribution is 2.58. The molecule has 2 aliphatic carbocycles. The molecule has 0 unspecified atom stereocenters. The third kappa shape index (κ3) is 5.86. The van der Waals surface area contributed by atoms with E-state index in [1.165, 1.54) is 0 Å². The third-order valence-corrected chi connectivity index (χ3v) is 19.6. The highest BCUT2D eigenvalue weighted by Gasteiger charge is 2.68. The molecule has 1 heterocycles. The number of fused-ring (bicyclic) bond motifs is 4. The minimum absolute atomic E-state index is 0.0563. The van der Waals surface area contributed by atoms with Gasteiger partial charge in [-0.15, -0.1) is 0 Å². The summed E-state index contributed by atoms with van der Waals surface area (Å²) < 4.78 is 35.1. The largest absolute Gasteiger partial charge is 0.488 e. The quantitative estimate of drug-likeness (QED) is 0.170. The van der Waals surface area contributed by atoms with E-state index in [0.717, 1.165) is 27.8 Å². The maximum atomic E-state index is 10.7. The zero-order chi connectivity index (χ0) is 33.4. The van der Waals surface area contributed by atoms with Gasteiger partial charge in [-0.2, -0.15) is 4.79 Å². The summed E-state index contributed by atoms with van der Waals surface area (Å²) in [5.41, 5.74) is 14.6. The molecule has 0 amide bonds. The molecule has 0 bridgehead atoms. The van der Waals surface area contributed by atoms with Gasteiger partial charge < -0.3 is 28.6 Å². The Hall–Kier alpha value is -2.37. The summed E-state index contributed by atoms with van der Waals surface area (Å²) in [7, 11) is -4.78. The Bertz CT molecular complexity index is 1550. The maximum absolute atomic E-state index is 10.7. The number of hydrogen-bond acceptors (Lipinski definition) is 5. The molecule has 7 nitrogen and oxygen atoms in total. The smallest absolute Gasteiger partial charge is 0.329 e. The topological polar surface area (TPSA) is 82.6 Å². The first-order chi connectivity index (χ1) is 20.6. The number of nitrogens with zero attached hydrogens (tertiary/aromatic N) is 2. The van der Waals surface area contributed by atoms with Crippen LogP contribution in [0.15, 0.2) is 54.1 Å². The van der Waals surface area contributed by atoms with Crippen molar-refractivity contribution in [2.45, 2.75) is 135 Å². The first kappa shape index (κ1) is 34.0. The molecule has 1 saturated heterocycles. The van der Waals surface area contributed by atoms with Gasteiger partial charge in [0.25, 0.3) is 0 Å². The molecule has 4 atom stereocenters. The van der Waals surface area contributed by atoms with Crippen molar-refractivity contribution in [3.63, 3.8) is 0 Å². The van der Waals surface area contributed by atoms with Gasteiger partial charge in [-0.25, -0.2) is 0 Å². The van der Waals surface area contributed by atoms with Gasteiger partial charge >= 0.3 is 5.71 Å². The van der Waals surface area contributed by atoms with Crippen LogP contribution in [-0.2, 0) is 24.9 Å². The van der Waals surface area contributed by atoms with E-state index < -0.39 is 46.3 Å². The van der Waals surface area contributed by atoms with E-state index in [2.05, 4.69) is 91.6 Å². The van der Waals surface area contributed by atoms with Gasteiger partial charge in [-0.05, 0) is 74.7 Å². The first-order valence-corrected chi connectivity index (χ1v) is 22.0. The lowest BCUT2D eigenvalue weighted by molar-refractivity contribution is -0.184. The van der Waals surface area contributed by atoms with Gasteiger partial charge in [0.2, 0.25) is 0 Å². The number of rotatable bonds is 7. The molecule has 0 N–H and O–H groups in total. The molecule has 45 heavy (non-hydrogen) atoms. The van der Waals surface area contributed by atoms with E-state index in [1.807, 2.05) is 50.2 Å². The Kier molecular flexibility index (Phi) is 8.40. The van der Waals surface area contributed by atoms with Crippen LogP contribution in [0.25, 0.3) is 11.1 Å². The molecule has 0 aromatic heterocycles. The second-order valence-electron chi connectivity index (χ2n) is 16.5. The van der Waals surface area contributed by atoms with Crippen LogP contribution in [0.1, 0.15) is 79.0 Å². The van der Waals surface area contributed by atoms with Crippen molar-refractivity contribution >= 4 is 27.9 Å². The lowest BCUT2D eigenvalue weighted by Gasteiger charge is -2.52. The molecule has 2 aromatic carbocycles. The van der Waals surface area contributed by atoms with E-state index in [1.54, 1.807) is 0 Å². The molecule has 0 radical (unpaired) electrons. The molecular weight excluding hydrogens is 597 g/mol. The van der Waals surface area contributed by atoms with Crippen LogP contribution in [-0.4, -0.2) is 56.8 Å². The van der Waals surface area contributed by atoms with E-state index in [4.69, 9.17) is 23.1 Å². The second kappa shape index (κ2) is 11.1. The Morgan fingerprint density at radius 1 is 0.822 bits per heavy atom. The van der Waals surface area contributed by atoms with Crippen LogP contribution in [0.5, 0.6) is 5.75 Å². The average molecular weight is 649 g/mol. The van der Waals surface area contributed by atoms with Crippen LogP contribution in [0, 0.1) is 0 Å². The Morgan fingerprint density at radius 3 is 2.00 bits per heavy atom. The van der Waals surface area contributed by atoms with Crippen LogP contribution < -0.4 is 4.74 Å². The SMILES string of the molecule is CC1(C)O[C@@H]2C3=C(c4c(OCc5ccccc5)cccc4C3=[N+]=[N-])[C@H](O[Si](C)(C)C(C)(C)C)[C@@H](O[Si](C)(C)C(C)(C)C)[C@]2(C)O1. The molecule has 1 aliphatic heterocycles. The Balaban J connectivity index is 1.78. The molecule has 3 aliphatic rings. The fourth-order valence-electron chi connectivity index (χ4n) is 6.24. The summed E-state index contributed by atoms with van der Waals surface area (Å²) in [6, 6.07) is 16.1. The lowest BCUT2D eigenvalue weighted by atomic mass is 9.75. The monoisotopic (exact) mass is 648 g/mol. The van der Waals surface area contributed by atoms with Crippen LogP contribution in [0.4, 0.5) is 0 Å². The lowest BCUT2D eigenvalue weighted by Crippen LogP contribution is -2.65. The first-order valence-electron chi connectivity index (χ1n) is 16.1. The minimum Gasteiger partial charge on any atom is -0.488 e. The summed E-state index contributed by atoms with van der Waals surface area (Å²) in [5, 5.41) is -0.128. The van der Waals surface area contributed by atoms with E-state index in [9.17, 15) is 5.53 Å². The van der Waals surface area contributed by atoms with Gasteiger partial charge in [-0.1, -0.05) is 77.9 Å². The van der Waals surface area contributed by atoms with Crippen molar-refractivity contribution in [2.24, 2.45) is 0 Å². The maximum Gasteiger partial charge on any atom is 0.329 e. The molecule has 2 aromatic rings. The van der Waals surface area contributed by atoms with E-state index in [0.29, 0.717) is 18.1 Å². The zero-order valence-electron chi connectivity index (χ0n) is 29.5. The summed E-state index contributed by atoms with van der Waals surface area (Å²) in [6.07, 6.45) is -1.57. The molecule has 0 spiro atoms. The van der Waals surface area contributed by atoms with E-state index in [-0.39, 0.29) is 10.1 Å². The molecule has 1 fully saturated rings. The zero-order valence-corrected chi connectivity index (χ0v) is 31.5. The average Bonchev–Trinajstić information content (AvgIpc) is 3.39. The van der Waals surface area contributed by atoms with Crippen molar-refractivity contribution in [2.75, 3.05) is 0 Å². The Labute approximate surface area is 272 Å². The van der Waals surface area contributed by atoms with Crippen molar-refractivity contribution < 1.29 is 27.9 Å². The summed E-state index contributed by atoms with van der Waals surface area (Å²) in [6.45, 7) is 29.0. The molecule has 9 heteroatoms. The van der Waals surface area contributed by atoms with Gasteiger partial charge in [0.1, 0.15) is 30.2 Å². The standard InChI is InChI=1S/C36H52N2O5Si2/c1-33(2,3)44(10,11)41-30-27-26-24(20-17-21-25(26)39-22-23-18-15-14-16-19-23)29(38-37)28(27)31-36(9,43-35(7,8)40-31)32(30)42-45(12,13)34(4,5)6/h14-21,30-32H,22H2,1-13H3/t30-,31+,32+,36+/m0/s1. The fraction of sp³-hybridized carbons (Fsp3) is 0.583. The number of ether oxygens (including phenoxy) is 3. The van der Waals surface area contributed by atoms with Crippen molar-refractivity contribution in [3.05, 3.63) is 76.3 Å². The minimum atomic E-state index is -2.41. The predicted molar refractivity (Wildman–Crippen MR) is 184 cm³/mol. The highest BCUT2D eigenvalue weighted by atomic mass is 28.4. The molecular formula is C36H52N2O5Si2. The van der Waals surface area contributed by atoms with Gasteiger partial charge in [0.15, 0.2) is 22.4 Å². The van der Waals surface area contributed by atoms with Crippen molar-refractivity contribution in [1.29, 1.82) is 0 Å². The van der Waals surface area contributed by atoms with Crippen LogP contribution in [0.3, 0.4) is 0 Å². The summed E-state index contributed by atoms with van der Waals surface area (Å²) >= 11 is 0. The van der Waals surface area contributed by atoms with Gasteiger partial charge in [0, 0.05) is 11.1 Å². The normalized spacial score (nSPS) is 26.3. The third-order valence-electron chi connectivity index (χ3n) is 10.7. The Morgan fingerprint density at radius 2 is 1.42 bits per heavy atom. The molecule has 244 valence electrons. The number of hydrogen-bond donors (Lipinski definition) is 0. The van der Waals surface area contributed by atoms with Crippen molar-refractivity contribution in [1.82, 2.24) is 0 Å². The highest BCUT2D eigenvalue weighted by molar-refractivity contribution is 6.74. The van der Waals surface area contributed by atoms with Gasteiger partial charge in [0.05, 0.1) is 17.2 Å². The summed E-state index contributed by atoms with van der Waals surface area (Å²) in [5.74, 6) is -0.195. The predicted octanol–water partition coefficient (Wildman–Crippen LogP) is 8.76. The fourth-order valence-corrected chi connectivity index (χ4v) is 8.81. The molecule has 0 saturated carbocycles. The van der Waals surface area contributed by atoms with Gasteiger partial charge in [-0.3, -0.25) is 0 Å². The molecule has 5 rings (SSSR count). The van der Waals surface area contributed by atoms with E-state index >= 15 is 0 Å². The number of benzene rings is 2. The van der Waals surface area contributed by atoms with Crippen LogP contribution >= 0.6 is 0 Å². The second-order valence-corrected chi connectivity index (χ2v) is 26.0. The van der Waals surface area contributed by atoms with Crippen molar-refractivity contribution in [3.8, 4) is 5.75 Å².